The zero-order valence-electron chi connectivity index (χ0n) is 10.9. The number of nitro benzene ring substituents is 1. The predicted octanol–water partition coefficient (Wildman–Crippen LogP) is 2.74. The number of hydrazine groups is 1. The van der Waals surface area contributed by atoms with Crippen LogP contribution in [0, 0.1) is 21.4 Å². The standard InChI is InChI=1S/C14H12N4O3/c15-9-8-10-4-6-11(7-5-10)21-13-3-1-2-12(17-16)14(13)18(19)20/h1-7,17H,8,16H2. The summed E-state index contributed by atoms with van der Waals surface area (Å²) in [5.74, 6) is 5.79. The number of nitriles is 1. The molecule has 0 unspecified atom stereocenters. The third-order valence-corrected chi connectivity index (χ3v) is 2.77. The van der Waals surface area contributed by atoms with Crippen LogP contribution < -0.4 is 16.0 Å². The maximum absolute atomic E-state index is 11.1. The SMILES string of the molecule is N#CCc1ccc(Oc2cccc(NN)c2[N+](=O)[O-])cc1. The van der Waals surface area contributed by atoms with Gasteiger partial charge in [0.05, 0.1) is 17.4 Å². The Hall–Kier alpha value is -3.11. The molecule has 0 spiro atoms. The van der Waals surface area contributed by atoms with Gasteiger partial charge < -0.3 is 10.2 Å². The highest BCUT2D eigenvalue weighted by molar-refractivity contribution is 5.68. The second-order valence-corrected chi connectivity index (χ2v) is 4.13. The van der Waals surface area contributed by atoms with E-state index in [-0.39, 0.29) is 17.1 Å². The van der Waals surface area contributed by atoms with Crippen LogP contribution in [0.4, 0.5) is 11.4 Å². The van der Waals surface area contributed by atoms with E-state index in [1.165, 1.54) is 12.1 Å². The molecule has 2 aromatic rings. The molecular weight excluding hydrogens is 272 g/mol. The van der Waals surface area contributed by atoms with Gasteiger partial charge in [-0.25, -0.2) is 0 Å². The number of hydrogen-bond acceptors (Lipinski definition) is 6. The summed E-state index contributed by atoms with van der Waals surface area (Å²) in [6.45, 7) is 0. The van der Waals surface area contributed by atoms with E-state index in [1.807, 2.05) is 6.07 Å². The number of nitrogen functional groups attached to an aromatic ring is 1. The van der Waals surface area contributed by atoms with Crippen LogP contribution in [0.25, 0.3) is 0 Å². The van der Waals surface area contributed by atoms with Gasteiger partial charge in [-0.15, -0.1) is 0 Å². The Labute approximate surface area is 120 Å². The average molecular weight is 284 g/mol. The second kappa shape index (κ2) is 6.36. The number of nitrogens with two attached hydrogens (primary N) is 1. The maximum Gasteiger partial charge on any atom is 0.335 e. The van der Waals surface area contributed by atoms with Crippen molar-refractivity contribution in [3.63, 3.8) is 0 Å². The van der Waals surface area contributed by atoms with Crippen LogP contribution in [-0.4, -0.2) is 4.92 Å². The van der Waals surface area contributed by atoms with Crippen molar-refractivity contribution in [2.24, 2.45) is 5.84 Å². The summed E-state index contributed by atoms with van der Waals surface area (Å²) >= 11 is 0. The lowest BCUT2D eigenvalue weighted by molar-refractivity contribution is -0.384. The topological polar surface area (TPSA) is 114 Å². The van der Waals surface area contributed by atoms with E-state index in [9.17, 15) is 10.1 Å². The molecule has 2 rings (SSSR count). The van der Waals surface area contributed by atoms with Gasteiger partial charge in [0.1, 0.15) is 11.4 Å². The molecule has 3 N–H and O–H groups in total. The Kier molecular flexibility index (Phi) is 4.33. The molecule has 0 heterocycles. The summed E-state index contributed by atoms with van der Waals surface area (Å²) in [5, 5.41) is 19.7. The van der Waals surface area contributed by atoms with Crippen LogP contribution in [0.5, 0.6) is 11.5 Å². The van der Waals surface area contributed by atoms with Gasteiger partial charge in [0.2, 0.25) is 5.75 Å². The minimum absolute atomic E-state index is 0.0866. The molecule has 0 aliphatic heterocycles. The largest absolute Gasteiger partial charge is 0.450 e. The molecule has 0 aliphatic rings. The number of nitro groups is 1. The number of nitrogens with zero attached hydrogens (tertiary/aromatic N) is 2. The Bertz CT molecular complexity index is 692. The molecule has 0 saturated heterocycles. The van der Waals surface area contributed by atoms with Crippen molar-refractivity contribution >= 4 is 11.4 Å². The summed E-state index contributed by atoms with van der Waals surface area (Å²) in [6.07, 6.45) is 0.299. The number of nitrogens with one attached hydrogen (secondary N) is 1. The van der Waals surface area contributed by atoms with Crippen molar-refractivity contribution in [1.29, 1.82) is 5.26 Å². The smallest absolute Gasteiger partial charge is 0.335 e. The molecule has 0 saturated carbocycles. The van der Waals surface area contributed by atoms with Gasteiger partial charge in [0, 0.05) is 0 Å². The summed E-state index contributed by atoms with van der Waals surface area (Å²) in [7, 11) is 0. The van der Waals surface area contributed by atoms with Crippen LogP contribution in [0.3, 0.4) is 0 Å². The average Bonchev–Trinajstić information content (AvgIpc) is 2.49. The van der Waals surface area contributed by atoms with Crippen molar-refractivity contribution in [3.05, 3.63) is 58.1 Å². The van der Waals surface area contributed by atoms with Crippen LogP contribution in [0.2, 0.25) is 0 Å². The highest BCUT2D eigenvalue weighted by Crippen LogP contribution is 2.36. The fourth-order valence-corrected chi connectivity index (χ4v) is 1.80. The summed E-state index contributed by atoms with van der Waals surface area (Å²) < 4.78 is 5.53. The molecule has 0 aromatic heterocycles. The molecule has 2 aromatic carbocycles. The van der Waals surface area contributed by atoms with Crippen LogP contribution in [0.1, 0.15) is 5.56 Å². The zero-order valence-corrected chi connectivity index (χ0v) is 10.9. The molecule has 0 fully saturated rings. The second-order valence-electron chi connectivity index (χ2n) is 4.13. The first-order valence-electron chi connectivity index (χ1n) is 6.03. The molecule has 106 valence electrons. The first-order valence-corrected chi connectivity index (χ1v) is 6.03. The summed E-state index contributed by atoms with van der Waals surface area (Å²) in [6, 6.07) is 13.4. The van der Waals surface area contributed by atoms with Crippen LogP contribution >= 0.6 is 0 Å². The summed E-state index contributed by atoms with van der Waals surface area (Å²) in [4.78, 5) is 10.6. The Morgan fingerprint density at radius 2 is 2.00 bits per heavy atom. The quantitative estimate of drug-likeness (QED) is 0.495. The molecule has 0 radical (unpaired) electrons. The minimum atomic E-state index is -0.561. The number of rotatable bonds is 5. The van der Waals surface area contributed by atoms with Gasteiger partial charge in [0.25, 0.3) is 0 Å². The number of anilines is 1. The maximum atomic E-state index is 11.1. The van der Waals surface area contributed by atoms with Gasteiger partial charge in [-0.05, 0) is 29.8 Å². The summed E-state index contributed by atoms with van der Waals surface area (Å²) in [5.41, 5.74) is 3.05. The first kappa shape index (κ1) is 14.3. The highest BCUT2D eigenvalue weighted by atomic mass is 16.6. The molecule has 0 amide bonds. The molecule has 0 aliphatic carbocycles. The van der Waals surface area contributed by atoms with Crippen LogP contribution in [-0.2, 0) is 6.42 Å². The van der Waals surface area contributed by atoms with Gasteiger partial charge in [-0.3, -0.25) is 16.0 Å². The Morgan fingerprint density at radius 1 is 1.29 bits per heavy atom. The van der Waals surface area contributed by atoms with Gasteiger partial charge in [0.15, 0.2) is 0 Å². The van der Waals surface area contributed by atoms with E-state index in [2.05, 4.69) is 5.43 Å². The Balaban J connectivity index is 2.31. The molecule has 7 heteroatoms. The third kappa shape index (κ3) is 3.26. The monoisotopic (exact) mass is 284 g/mol. The van der Waals surface area contributed by atoms with Crippen LogP contribution in [0.15, 0.2) is 42.5 Å². The predicted molar refractivity (Wildman–Crippen MR) is 76.7 cm³/mol. The Morgan fingerprint density at radius 3 is 2.57 bits per heavy atom. The third-order valence-electron chi connectivity index (χ3n) is 2.77. The number of ether oxygens (including phenoxy) is 1. The fraction of sp³-hybridized carbons (Fsp3) is 0.0714. The lowest BCUT2D eigenvalue weighted by Gasteiger charge is -2.09. The fourth-order valence-electron chi connectivity index (χ4n) is 1.80. The van der Waals surface area contributed by atoms with Crippen molar-refractivity contribution in [1.82, 2.24) is 0 Å². The zero-order chi connectivity index (χ0) is 15.2. The normalized spacial score (nSPS) is 9.71. The van der Waals surface area contributed by atoms with E-state index >= 15 is 0 Å². The number of hydrogen-bond donors (Lipinski definition) is 2. The van der Waals surface area contributed by atoms with Crippen molar-refractivity contribution in [3.8, 4) is 17.6 Å². The van der Waals surface area contributed by atoms with Crippen molar-refractivity contribution in [2.75, 3.05) is 5.43 Å². The highest BCUT2D eigenvalue weighted by Gasteiger charge is 2.20. The minimum Gasteiger partial charge on any atom is -0.450 e. The lowest BCUT2D eigenvalue weighted by atomic mass is 10.1. The molecule has 0 bridgehead atoms. The molecular formula is C14H12N4O3. The first-order chi connectivity index (χ1) is 10.2. The number of para-hydroxylation sites is 1. The van der Waals surface area contributed by atoms with E-state index in [4.69, 9.17) is 15.8 Å². The van der Waals surface area contributed by atoms with Gasteiger partial charge >= 0.3 is 5.69 Å². The molecule has 21 heavy (non-hydrogen) atoms. The molecule has 7 nitrogen and oxygen atoms in total. The van der Waals surface area contributed by atoms with E-state index < -0.39 is 4.92 Å². The van der Waals surface area contributed by atoms with Crippen molar-refractivity contribution in [2.45, 2.75) is 6.42 Å². The van der Waals surface area contributed by atoms with Crippen molar-refractivity contribution < 1.29 is 9.66 Å². The lowest BCUT2D eigenvalue weighted by Crippen LogP contribution is -2.09. The van der Waals surface area contributed by atoms with E-state index in [0.29, 0.717) is 12.2 Å². The molecule has 0 atom stereocenters. The number of benzene rings is 2. The van der Waals surface area contributed by atoms with Gasteiger partial charge in [-0.1, -0.05) is 18.2 Å². The van der Waals surface area contributed by atoms with E-state index in [0.717, 1.165) is 5.56 Å². The van der Waals surface area contributed by atoms with Gasteiger partial charge in [-0.2, -0.15) is 5.26 Å². The van der Waals surface area contributed by atoms with E-state index in [1.54, 1.807) is 30.3 Å².